The number of piperidine rings is 1. The quantitative estimate of drug-likeness (QED) is 0.768. The lowest BCUT2D eigenvalue weighted by Crippen LogP contribution is -2.56. The van der Waals surface area contributed by atoms with Gasteiger partial charge in [0.2, 0.25) is 0 Å². The molecule has 0 amide bonds. The summed E-state index contributed by atoms with van der Waals surface area (Å²) in [5.41, 5.74) is 3.00. The number of nitrogens with zero attached hydrogens (tertiary/aromatic N) is 1. The van der Waals surface area contributed by atoms with E-state index >= 15 is 0 Å². The maximum atomic E-state index is 5.86. The smallest absolute Gasteiger partial charge is 0.160 e. The molecule has 5 atom stereocenters. The Labute approximate surface area is 149 Å². The van der Waals surface area contributed by atoms with E-state index in [4.69, 9.17) is 18.9 Å². The predicted molar refractivity (Wildman–Crippen MR) is 92.7 cm³/mol. The van der Waals surface area contributed by atoms with Crippen molar-refractivity contribution in [3.63, 3.8) is 0 Å². The van der Waals surface area contributed by atoms with Crippen LogP contribution in [0.4, 0.5) is 0 Å². The Kier molecular flexibility index (Phi) is 4.06. The first kappa shape index (κ1) is 16.2. The Morgan fingerprint density at radius 1 is 1.04 bits per heavy atom. The van der Waals surface area contributed by atoms with Crippen LogP contribution in [0.2, 0.25) is 0 Å². The Bertz CT molecular complexity index is 613. The van der Waals surface area contributed by atoms with Crippen LogP contribution in [0.15, 0.2) is 22.7 Å². The molecule has 0 aromatic rings. The highest BCUT2D eigenvalue weighted by Crippen LogP contribution is 2.48. The van der Waals surface area contributed by atoms with Crippen LogP contribution in [0.1, 0.15) is 38.5 Å². The van der Waals surface area contributed by atoms with Gasteiger partial charge in [-0.3, -0.25) is 4.90 Å². The molecule has 5 nitrogen and oxygen atoms in total. The van der Waals surface area contributed by atoms with Crippen molar-refractivity contribution >= 4 is 0 Å². The number of fused-ring (bicyclic) bond motifs is 4. The second-order valence-corrected chi connectivity index (χ2v) is 8.20. The first-order valence-corrected chi connectivity index (χ1v) is 9.78. The highest BCUT2D eigenvalue weighted by Gasteiger charge is 2.49. The van der Waals surface area contributed by atoms with Crippen LogP contribution in [0.25, 0.3) is 0 Å². The minimum atomic E-state index is 0.331. The van der Waals surface area contributed by atoms with Crippen molar-refractivity contribution < 1.29 is 18.9 Å². The SMILES string of the molecule is COC1=C(OC)C2=C(CC1)CC1C3CC4OCOC4CC3CCN1C2. The maximum absolute atomic E-state index is 5.86. The van der Waals surface area contributed by atoms with Crippen molar-refractivity contribution in [2.45, 2.75) is 56.8 Å². The van der Waals surface area contributed by atoms with Crippen LogP contribution in [0, 0.1) is 11.8 Å². The third-order valence-corrected chi connectivity index (χ3v) is 7.25. The molecule has 5 aliphatic rings. The van der Waals surface area contributed by atoms with Gasteiger partial charge in [0.1, 0.15) is 12.6 Å². The molecule has 3 heterocycles. The molecule has 2 aliphatic carbocycles. The number of methoxy groups -OCH3 is 2. The average molecular weight is 347 g/mol. The van der Waals surface area contributed by atoms with E-state index in [9.17, 15) is 0 Å². The first-order valence-electron chi connectivity index (χ1n) is 9.78. The summed E-state index contributed by atoms with van der Waals surface area (Å²) in [6.07, 6.45) is 7.64. The van der Waals surface area contributed by atoms with Crippen LogP contribution in [-0.4, -0.2) is 57.3 Å². The summed E-state index contributed by atoms with van der Waals surface area (Å²) in [5, 5.41) is 0. The molecule has 25 heavy (non-hydrogen) atoms. The molecule has 1 saturated carbocycles. The normalized spacial score (nSPS) is 41.0. The van der Waals surface area contributed by atoms with Gasteiger partial charge >= 0.3 is 0 Å². The third kappa shape index (κ3) is 2.54. The number of allylic oxidation sites excluding steroid dienone is 1. The Hall–Kier alpha value is -1.04. The molecule has 0 N–H and O–H groups in total. The van der Waals surface area contributed by atoms with E-state index in [2.05, 4.69) is 4.90 Å². The van der Waals surface area contributed by atoms with Crippen molar-refractivity contribution in [1.29, 1.82) is 0 Å². The second kappa shape index (κ2) is 6.29. The standard InChI is InChI=1S/C20H29NO4/c1-22-17-4-3-12-7-16-14-9-19-18(24-11-25-19)8-13(14)5-6-21(16)10-15(12)20(17)23-2/h13-14,16,18-19H,3-11H2,1-2H3. The molecule has 0 spiro atoms. The summed E-state index contributed by atoms with van der Waals surface area (Å²) >= 11 is 0. The molecule has 3 aliphatic heterocycles. The molecular formula is C20H29NO4. The fourth-order valence-corrected chi connectivity index (χ4v) is 6.00. The van der Waals surface area contributed by atoms with Crippen LogP contribution >= 0.6 is 0 Å². The average Bonchev–Trinajstić information content (AvgIpc) is 3.11. The Morgan fingerprint density at radius 2 is 1.88 bits per heavy atom. The summed E-state index contributed by atoms with van der Waals surface area (Å²) < 4.78 is 23.0. The van der Waals surface area contributed by atoms with E-state index in [0.717, 1.165) is 42.7 Å². The number of hydrogen-bond donors (Lipinski definition) is 0. The van der Waals surface area contributed by atoms with E-state index in [-0.39, 0.29) is 0 Å². The molecule has 0 radical (unpaired) electrons. The van der Waals surface area contributed by atoms with Gasteiger partial charge in [0, 0.05) is 24.6 Å². The van der Waals surface area contributed by atoms with Gasteiger partial charge in [-0.25, -0.2) is 0 Å². The van der Waals surface area contributed by atoms with Crippen molar-refractivity contribution in [3.05, 3.63) is 22.7 Å². The van der Waals surface area contributed by atoms with E-state index in [1.807, 2.05) is 0 Å². The molecule has 0 aromatic heterocycles. The summed E-state index contributed by atoms with van der Waals surface area (Å²) in [6, 6.07) is 0.671. The molecule has 0 aromatic carbocycles. The van der Waals surface area contributed by atoms with Gasteiger partial charge in [-0.2, -0.15) is 0 Å². The first-order chi connectivity index (χ1) is 12.3. The van der Waals surface area contributed by atoms with Crippen LogP contribution in [0.5, 0.6) is 0 Å². The van der Waals surface area contributed by atoms with Gasteiger partial charge in [-0.1, -0.05) is 5.57 Å². The van der Waals surface area contributed by atoms with Crippen molar-refractivity contribution in [3.8, 4) is 0 Å². The molecule has 5 unspecified atom stereocenters. The summed E-state index contributed by atoms with van der Waals surface area (Å²) in [7, 11) is 3.54. The summed E-state index contributed by atoms with van der Waals surface area (Å²) in [6.45, 7) is 2.71. The number of ether oxygens (including phenoxy) is 4. The van der Waals surface area contributed by atoms with E-state index in [1.54, 1.807) is 19.8 Å². The maximum Gasteiger partial charge on any atom is 0.160 e. The molecule has 0 bridgehead atoms. The van der Waals surface area contributed by atoms with Gasteiger partial charge in [-0.05, 0) is 50.5 Å². The van der Waals surface area contributed by atoms with Gasteiger partial charge < -0.3 is 18.9 Å². The molecule has 2 saturated heterocycles. The van der Waals surface area contributed by atoms with Crippen molar-refractivity contribution in [2.24, 2.45) is 11.8 Å². The molecule has 3 fully saturated rings. The zero-order valence-corrected chi connectivity index (χ0v) is 15.3. The highest BCUT2D eigenvalue weighted by molar-refractivity contribution is 5.40. The van der Waals surface area contributed by atoms with Crippen LogP contribution in [-0.2, 0) is 18.9 Å². The molecule has 5 heteroatoms. The minimum Gasteiger partial charge on any atom is -0.497 e. The highest BCUT2D eigenvalue weighted by atomic mass is 16.7. The second-order valence-electron chi connectivity index (χ2n) is 8.20. The molecule has 5 rings (SSSR count). The van der Waals surface area contributed by atoms with Gasteiger partial charge in [0.15, 0.2) is 5.76 Å². The zero-order valence-electron chi connectivity index (χ0n) is 15.3. The lowest BCUT2D eigenvalue weighted by molar-refractivity contribution is -0.0356. The topological polar surface area (TPSA) is 40.2 Å². The molecule has 138 valence electrons. The van der Waals surface area contributed by atoms with Gasteiger partial charge in [-0.15, -0.1) is 0 Å². The third-order valence-electron chi connectivity index (χ3n) is 7.25. The van der Waals surface area contributed by atoms with Crippen molar-refractivity contribution in [1.82, 2.24) is 4.90 Å². The predicted octanol–water partition coefficient (Wildman–Crippen LogP) is 2.83. The monoisotopic (exact) mass is 347 g/mol. The van der Waals surface area contributed by atoms with E-state index in [0.29, 0.717) is 25.0 Å². The van der Waals surface area contributed by atoms with Crippen molar-refractivity contribution in [2.75, 3.05) is 34.1 Å². The summed E-state index contributed by atoms with van der Waals surface area (Å²) in [5.74, 6) is 3.58. The lowest BCUT2D eigenvalue weighted by atomic mass is 9.66. The Balaban J connectivity index is 1.41. The van der Waals surface area contributed by atoms with Crippen LogP contribution in [0.3, 0.4) is 0 Å². The zero-order chi connectivity index (χ0) is 17.0. The summed E-state index contributed by atoms with van der Waals surface area (Å²) in [4.78, 5) is 2.70. The fourth-order valence-electron chi connectivity index (χ4n) is 6.00. The Morgan fingerprint density at radius 3 is 2.68 bits per heavy atom. The minimum absolute atomic E-state index is 0.331. The lowest BCUT2D eigenvalue weighted by Gasteiger charge is -2.52. The van der Waals surface area contributed by atoms with Crippen LogP contribution < -0.4 is 0 Å². The van der Waals surface area contributed by atoms with Gasteiger partial charge in [0.25, 0.3) is 0 Å². The largest absolute Gasteiger partial charge is 0.497 e. The van der Waals surface area contributed by atoms with E-state index < -0.39 is 0 Å². The number of hydrogen-bond acceptors (Lipinski definition) is 5. The number of rotatable bonds is 2. The molecular weight excluding hydrogens is 318 g/mol. The fraction of sp³-hybridized carbons (Fsp3) is 0.800. The van der Waals surface area contributed by atoms with Gasteiger partial charge in [0.05, 0.1) is 26.4 Å². The van der Waals surface area contributed by atoms with E-state index in [1.165, 1.54) is 37.8 Å².